The van der Waals surface area contributed by atoms with Gasteiger partial charge in [0.15, 0.2) is 0 Å². The van der Waals surface area contributed by atoms with Crippen molar-refractivity contribution in [1.82, 2.24) is 0 Å². The first-order chi connectivity index (χ1) is 4.86. The summed E-state index contributed by atoms with van der Waals surface area (Å²) in [4.78, 5) is 0. The molecule has 1 aliphatic heterocycles. The number of rotatable bonds is 2. The Morgan fingerprint density at radius 1 is 1.00 bits per heavy atom. The Hall–Kier alpha value is 0.620. The van der Waals surface area contributed by atoms with Gasteiger partial charge in [0.05, 0.1) is 0 Å². The molecule has 0 aliphatic carbocycles. The standard InChI is InChI=1S/C6H14N2S2/c7-1-5-3-10-6(2-8)4-9-5/h5-6H,1-4,7-8H2. The molecule has 2 unspecified atom stereocenters. The van der Waals surface area contributed by atoms with Crippen LogP contribution in [0.15, 0.2) is 0 Å². The molecule has 1 saturated heterocycles. The fourth-order valence-corrected chi connectivity index (χ4v) is 3.61. The van der Waals surface area contributed by atoms with Crippen molar-refractivity contribution in [2.45, 2.75) is 10.5 Å². The summed E-state index contributed by atoms with van der Waals surface area (Å²) in [6, 6.07) is 0. The van der Waals surface area contributed by atoms with Crippen molar-refractivity contribution in [2.24, 2.45) is 11.5 Å². The van der Waals surface area contributed by atoms with Crippen molar-refractivity contribution < 1.29 is 0 Å². The van der Waals surface area contributed by atoms with Crippen molar-refractivity contribution in [3.05, 3.63) is 0 Å². The van der Waals surface area contributed by atoms with Crippen molar-refractivity contribution in [3.63, 3.8) is 0 Å². The summed E-state index contributed by atoms with van der Waals surface area (Å²) in [6.07, 6.45) is 0. The predicted molar refractivity (Wildman–Crippen MR) is 50.6 cm³/mol. The molecule has 0 amide bonds. The predicted octanol–water partition coefficient (Wildman–Crippen LogP) is 0.121. The van der Waals surface area contributed by atoms with Gasteiger partial charge in [-0.1, -0.05) is 0 Å². The van der Waals surface area contributed by atoms with Gasteiger partial charge in [0.1, 0.15) is 0 Å². The molecule has 4 N–H and O–H groups in total. The Morgan fingerprint density at radius 3 is 1.60 bits per heavy atom. The third kappa shape index (κ3) is 2.34. The van der Waals surface area contributed by atoms with E-state index >= 15 is 0 Å². The fourth-order valence-electron chi connectivity index (χ4n) is 0.855. The Labute approximate surface area is 70.5 Å². The van der Waals surface area contributed by atoms with E-state index in [-0.39, 0.29) is 0 Å². The van der Waals surface area contributed by atoms with Gasteiger partial charge < -0.3 is 11.5 Å². The van der Waals surface area contributed by atoms with E-state index in [9.17, 15) is 0 Å². The summed E-state index contributed by atoms with van der Waals surface area (Å²) >= 11 is 3.94. The van der Waals surface area contributed by atoms with Crippen LogP contribution < -0.4 is 11.5 Å². The zero-order chi connectivity index (χ0) is 7.40. The molecule has 1 rings (SSSR count). The van der Waals surface area contributed by atoms with Crippen LogP contribution in [0.25, 0.3) is 0 Å². The van der Waals surface area contributed by atoms with Gasteiger partial charge >= 0.3 is 0 Å². The van der Waals surface area contributed by atoms with E-state index in [0.29, 0.717) is 10.5 Å². The third-order valence-corrected chi connectivity index (χ3v) is 4.83. The van der Waals surface area contributed by atoms with Crippen LogP contribution in [0.2, 0.25) is 0 Å². The molecule has 10 heavy (non-hydrogen) atoms. The lowest BCUT2D eigenvalue weighted by Gasteiger charge is -2.25. The van der Waals surface area contributed by atoms with Crippen molar-refractivity contribution in [1.29, 1.82) is 0 Å². The Balaban J connectivity index is 2.17. The highest BCUT2D eigenvalue weighted by atomic mass is 32.2. The minimum absolute atomic E-state index is 0.674. The van der Waals surface area contributed by atoms with Crippen molar-refractivity contribution in [2.75, 3.05) is 24.6 Å². The molecule has 0 saturated carbocycles. The van der Waals surface area contributed by atoms with Crippen LogP contribution in [0, 0.1) is 0 Å². The van der Waals surface area contributed by atoms with Crippen molar-refractivity contribution >= 4 is 23.5 Å². The molecule has 2 nitrogen and oxygen atoms in total. The maximum absolute atomic E-state index is 5.52. The van der Waals surface area contributed by atoms with E-state index in [0.717, 1.165) is 13.1 Å². The summed E-state index contributed by atoms with van der Waals surface area (Å²) in [6.45, 7) is 1.63. The molecule has 0 aromatic rings. The van der Waals surface area contributed by atoms with Crippen LogP contribution in [0.1, 0.15) is 0 Å². The molecular formula is C6H14N2S2. The van der Waals surface area contributed by atoms with Crippen molar-refractivity contribution in [3.8, 4) is 0 Å². The third-order valence-electron chi connectivity index (χ3n) is 1.56. The van der Waals surface area contributed by atoms with E-state index in [1.807, 2.05) is 23.5 Å². The molecular weight excluding hydrogens is 164 g/mol. The minimum Gasteiger partial charge on any atom is -0.329 e. The molecule has 0 aromatic carbocycles. The molecule has 1 aliphatic rings. The number of hydrogen-bond acceptors (Lipinski definition) is 4. The van der Waals surface area contributed by atoms with Crippen LogP contribution in [0.4, 0.5) is 0 Å². The Bertz CT molecular complexity index is 79.7. The lowest BCUT2D eigenvalue weighted by molar-refractivity contribution is 0.905. The van der Waals surface area contributed by atoms with Gasteiger partial charge in [0.25, 0.3) is 0 Å². The summed E-state index contributed by atoms with van der Waals surface area (Å²) < 4.78 is 0. The smallest absolute Gasteiger partial charge is 0.0261 e. The lowest BCUT2D eigenvalue weighted by Crippen LogP contribution is -2.31. The Morgan fingerprint density at radius 2 is 1.40 bits per heavy atom. The van der Waals surface area contributed by atoms with Crippen LogP contribution in [0.3, 0.4) is 0 Å². The molecule has 0 aromatic heterocycles. The van der Waals surface area contributed by atoms with Gasteiger partial charge in [-0.05, 0) is 0 Å². The van der Waals surface area contributed by atoms with Gasteiger partial charge in [-0.25, -0.2) is 0 Å². The average Bonchev–Trinajstić information content (AvgIpc) is 2.05. The number of thioether (sulfide) groups is 2. The van der Waals surface area contributed by atoms with Gasteiger partial charge in [0.2, 0.25) is 0 Å². The zero-order valence-corrected chi connectivity index (χ0v) is 7.59. The van der Waals surface area contributed by atoms with Gasteiger partial charge in [-0.2, -0.15) is 23.5 Å². The molecule has 1 fully saturated rings. The highest BCUT2D eigenvalue weighted by Gasteiger charge is 2.19. The highest BCUT2D eigenvalue weighted by molar-refractivity contribution is 8.07. The first-order valence-corrected chi connectivity index (χ1v) is 5.60. The summed E-state index contributed by atoms with van der Waals surface area (Å²) in [5, 5.41) is 1.35. The second kappa shape index (κ2) is 4.49. The number of hydrogen-bond donors (Lipinski definition) is 2. The van der Waals surface area contributed by atoms with Gasteiger partial charge in [-0.15, -0.1) is 0 Å². The second-order valence-electron chi connectivity index (χ2n) is 2.38. The lowest BCUT2D eigenvalue weighted by atomic mass is 10.5. The van der Waals surface area contributed by atoms with Gasteiger partial charge in [0, 0.05) is 35.1 Å². The van der Waals surface area contributed by atoms with E-state index in [4.69, 9.17) is 11.5 Å². The zero-order valence-electron chi connectivity index (χ0n) is 5.95. The van der Waals surface area contributed by atoms with Gasteiger partial charge in [-0.3, -0.25) is 0 Å². The van der Waals surface area contributed by atoms with E-state index in [1.165, 1.54) is 11.5 Å². The molecule has 0 spiro atoms. The maximum Gasteiger partial charge on any atom is 0.0261 e. The molecule has 0 radical (unpaired) electrons. The van der Waals surface area contributed by atoms with Crippen LogP contribution >= 0.6 is 23.5 Å². The minimum atomic E-state index is 0.674. The van der Waals surface area contributed by atoms with E-state index in [1.54, 1.807) is 0 Å². The monoisotopic (exact) mass is 178 g/mol. The first-order valence-electron chi connectivity index (χ1n) is 3.50. The summed E-state index contributed by atoms with van der Waals surface area (Å²) in [5.74, 6) is 2.37. The molecule has 0 bridgehead atoms. The van der Waals surface area contributed by atoms with Crippen LogP contribution in [0.5, 0.6) is 0 Å². The van der Waals surface area contributed by atoms with Crippen LogP contribution in [-0.2, 0) is 0 Å². The second-order valence-corrected chi connectivity index (χ2v) is 5.05. The van der Waals surface area contributed by atoms with E-state index < -0.39 is 0 Å². The SMILES string of the molecule is NCC1CSC(CN)CS1. The fraction of sp³-hybridized carbons (Fsp3) is 1.00. The molecule has 60 valence electrons. The Kier molecular flexibility index (Phi) is 3.91. The average molecular weight is 178 g/mol. The first kappa shape index (κ1) is 8.71. The largest absolute Gasteiger partial charge is 0.329 e. The maximum atomic E-state index is 5.52. The molecule has 4 heteroatoms. The van der Waals surface area contributed by atoms with E-state index in [2.05, 4.69) is 0 Å². The molecule has 1 heterocycles. The summed E-state index contributed by atoms with van der Waals surface area (Å²) in [5.41, 5.74) is 11.0. The normalized spacial score (nSPS) is 34.2. The number of nitrogens with two attached hydrogens (primary N) is 2. The summed E-state index contributed by atoms with van der Waals surface area (Å²) in [7, 11) is 0. The highest BCUT2D eigenvalue weighted by Crippen LogP contribution is 2.28. The molecule has 2 atom stereocenters. The van der Waals surface area contributed by atoms with Crippen LogP contribution in [-0.4, -0.2) is 35.1 Å². The topological polar surface area (TPSA) is 52.0 Å². The quantitative estimate of drug-likeness (QED) is 0.631.